The standard InChI is InChI=1S/C34H26F4/c1-21(23-13-17-27(18-14-23)25-9-5-3-6-10-25)29-31(35)33(37)30(34(38)32(29)36)22(2)24-15-19-28(20-16-24)26-11-7-4-8-12-26/h3-22H,1-2H3/t21-,22-/m1/s1. The Hall–Kier alpha value is -4.18. The molecule has 0 N–H and O–H groups in total. The molecule has 0 aliphatic carbocycles. The topological polar surface area (TPSA) is 0 Å². The van der Waals surface area contributed by atoms with Crippen LogP contribution in [0.4, 0.5) is 17.6 Å². The molecule has 0 fully saturated rings. The van der Waals surface area contributed by atoms with Crippen LogP contribution in [0.5, 0.6) is 0 Å². The average Bonchev–Trinajstić information content (AvgIpc) is 2.97. The summed E-state index contributed by atoms with van der Waals surface area (Å²) in [5, 5.41) is 0. The molecule has 0 saturated carbocycles. The fraction of sp³-hybridized carbons (Fsp3) is 0.118. The summed E-state index contributed by atoms with van der Waals surface area (Å²) in [6.45, 7) is 3.09. The molecule has 5 rings (SSSR count). The molecule has 190 valence electrons. The van der Waals surface area contributed by atoms with Crippen molar-refractivity contribution in [2.75, 3.05) is 0 Å². The first-order valence-corrected chi connectivity index (χ1v) is 12.5. The molecule has 0 spiro atoms. The molecule has 0 amide bonds. The number of halogens is 4. The fourth-order valence-corrected chi connectivity index (χ4v) is 4.95. The van der Waals surface area contributed by atoms with Gasteiger partial charge in [0.05, 0.1) is 0 Å². The van der Waals surface area contributed by atoms with Gasteiger partial charge >= 0.3 is 0 Å². The second-order valence-corrected chi connectivity index (χ2v) is 9.50. The Morgan fingerprint density at radius 1 is 0.368 bits per heavy atom. The first-order valence-electron chi connectivity index (χ1n) is 12.5. The van der Waals surface area contributed by atoms with Crippen LogP contribution in [0.2, 0.25) is 0 Å². The molecule has 0 bridgehead atoms. The second-order valence-electron chi connectivity index (χ2n) is 9.50. The molecule has 0 aliphatic rings. The molecule has 38 heavy (non-hydrogen) atoms. The first-order chi connectivity index (χ1) is 18.4. The highest BCUT2D eigenvalue weighted by Crippen LogP contribution is 2.38. The van der Waals surface area contributed by atoms with E-state index in [1.165, 1.54) is 0 Å². The lowest BCUT2D eigenvalue weighted by Gasteiger charge is -2.21. The number of hydrogen-bond donors (Lipinski definition) is 0. The summed E-state index contributed by atoms with van der Waals surface area (Å²) in [5.41, 5.74) is 3.75. The maximum absolute atomic E-state index is 15.4. The van der Waals surface area contributed by atoms with Gasteiger partial charge < -0.3 is 0 Å². The summed E-state index contributed by atoms with van der Waals surface area (Å²) in [6, 6.07) is 33.6. The van der Waals surface area contributed by atoms with Gasteiger partial charge in [0, 0.05) is 23.0 Å². The summed E-state index contributed by atoms with van der Waals surface area (Å²) < 4.78 is 61.5. The lowest BCUT2D eigenvalue weighted by atomic mass is 9.86. The van der Waals surface area contributed by atoms with Crippen molar-refractivity contribution in [3.05, 3.63) is 155 Å². The fourth-order valence-electron chi connectivity index (χ4n) is 4.95. The summed E-state index contributed by atoms with van der Waals surface area (Å²) in [5.74, 6) is -7.20. The van der Waals surface area contributed by atoms with E-state index in [1.54, 1.807) is 38.1 Å². The summed E-state index contributed by atoms with van der Waals surface area (Å²) in [4.78, 5) is 0. The lowest BCUT2D eigenvalue weighted by molar-refractivity contribution is 0.418. The SMILES string of the molecule is C[C@H](c1ccc(-c2ccccc2)cc1)c1c(F)c(F)c([C@H](C)c2ccc(-c3ccccc3)cc2)c(F)c1F. The molecule has 0 heterocycles. The maximum atomic E-state index is 15.4. The van der Waals surface area contributed by atoms with Crippen LogP contribution in [-0.4, -0.2) is 0 Å². The van der Waals surface area contributed by atoms with Crippen LogP contribution in [-0.2, 0) is 0 Å². The van der Waals surface area contributed by atoms with Crippen molar-refractivity contribution < 1.29 is 17.6 Å². The van der Waals surface area contributed by atoms with E-state index in [2.05, 4.69) is 0 Å². The van der Waals surface area contributed by atoms with Gasteiger partial charge in [0.15, 0.2) is 23.3 Å². The van der Waals surface area contributed by atoms with Gasteiger partial charge in [-0.2, -0.15) is 0 Å². The van der Waals surface area contributed by atoms with Crippen LogP contribution < -0.4 is 0 Å². The number of benzene rings is 5. The van der Waals surface area contributed by atoms with Crippen LogP contribution in [0, 0.1) is 23.3 Å². The molecule has 5 aromatic carbocycles. The van der Waals surface area contributed by atoms with Crippen molar-refractivity contribution in [1.29, 1.82) is 0 Å². The monoisotopic (exact) mass is 510 g/mol. The minimum absolute atomic E-state index is 0.554. The zero-order valence-electron chi connectivity index (χ0n) is 21.1. The Morgan fingerprint density at radius 2 is 0.632 bits per heavy atom. The number of rotatable bonds is 6. The van der Waals surface area contributed by atoms with Gasteiger partial charge in [-0.25, -0.2) is 17.6 Å². The first kappa shape index (κ1) is 25.5. The Balaban J connectivity index is 1.46. The molecular formula is C34H26F4. The largest absolute Gasteiger partial charge is 0.203 e. The Kier molecular flexibility index (Phi) is 7.15. The van der Waals surface area contributed by atoms with Crippen molar-refractivity contribution in [2.45, 2.75) is 25.7 Å². The van der Waals surface area contributed by atoms with Crippen LogP contribution in [0.15, 0.2) is 109 Å². The van der Waals surface area contributed by atoms with E-state index in [9.17, 15) is 0 Å². The molecule has 4 heteroatoms. The maximum Gasteiger partial charge on any atom is 0.166 e. The van der Waals surface area contributed by atoms with E-state index in [1.807, 2.05) is 84.9 Å². The molecule has 0 saturated heterocycles. The van der Waals surface area contributed by atoms with Gasteiger partial charge in [-0.05, 0) is 33.4 Å². The molecule has 0 nitrogen and oxygen atoms in total. The van der Waals surface area contributed by atoms with Gasteiger partial charge in [-0.15, -0.1) is 0 Å². The third kappa shape index (κ3) is 4.74. The van der Waals surface area contributed by atoms with E-state index < -0.39 is 46.2 Å². The third-order valence-electron chi connectivity index (χ3n) is 7.23. The molecule has 0 aromatic heterocycles. The summed E-state index contributed by atoms with van der Waals surface area (Å²) in [7, 11) is 0. The molecule has 2 atom stereocenters. The molecule has 0 radical (unpaired) electrons. The minimum atomic E-state index is -1.36. The van der Waals surface area contributed by atoms with Gasteiger partial charge in [-0.3, -0.25) is 0 Å². The van der Waals surface area contributed by atoms with Crippen molar-refractivity contribution in [3.8, 4) is 22.3 Å². The van der Waals surface area contributed by atoms with E-state index in [0.717, 1.165) is 22.3 Å². The predicted octanol–water partition coefficient (Wildman–Crippen LogP) is 9.88. The predicted molar refractivity (Wildman–Crippen MR) is 145 cm³/mol. The van der Waals surface area contributed by atoms with Crippen molar-refractivity contribution in [1.82, 2.24) is 0 Å². The highest BCUT2D eigenvalue weighted by Gasteiger charge is 2.31. The summed E-state index contributed by atoms with van der Waals surface area (Å²) in [6.07, 6.45) is 0. The van der Waals surface area contributed by atoms with Crippen molar-refractivity contribution >= 4 is 0 Å². The van der Waals surface area contributed by atoms with Crippen LogP contribution in [0.1, 0.15) is 47.9 Å². The normalized spacial score (nSPS) is 12.8. The highest BCUT2D eigenvalue weighted by molar-refractivity contribution is 5.64. The van der Waals surface area contributed by atoms with Crippen LogP contribution in [0.3, 0.4) is 0 Å². The Morgan fingerprint density at radius 3 is 0.921 bits per heavy atom. The van der Waals surface area contributed by atoms with Gasteiger partial charge in [0.2, 0.25) is 0 Å². The van der Waals surface area contributed by atoms with E-state index >= 15 is 17.6 Å². The van der Waals surface area contributed by atoms with Crippen molar-refractivity contribution in [3.63, 3.8) is 0 Å². The molecule has 0 aliphatic heterocycles. The molecule has 5 aromatic rings. The minimum Gasteiger partial charge on any atom is -0.203 e. The van der Waals surface area contributed by atoms with E-state index in [4.69, 9.17) is 0 Å². The second kappa shape index (κ2) is 10.7. The van der Waals surface area contributed by atoms with Gasteiger partial charge in [0.25, 0.3) is 0 Å². The van der Waals surface area contributed by atoms with Crippen LogP contribution in [0.25, 0.3) is 22.3 Å². The van der Waals surface area contributed by atoms with Gasteiger partial charge in [0.1, 0.15) is 0 Å². The van der Waals surface area contributed by atoms with E-state index in [-0.39, 0.29) is 0 Å². The zero-order valence-corrected chi connectivity index (χ0v) is 21.1. The quantitative estimate of drug-likeness (QED) is 0.158. The molecule has 0 unspecified atom stereocenters. The van der Waals surface area contributed by atoms with E-state index in [0.29, 0.717) is 11.1 Å². The highest BCUT2D eigenvalue weighted by atomic mass is 19.2. The third-order valence-corrected chi connectivity index (χ3v) is 7.23. The molecular weight excluding hydrogens is 484 g/mol. The summed E-state index contributed by atoms with van der Waals surface area (Å²) >= 11 is 0. The zero-order chi connectivity index (χ0) is 26.8. The van der Waals surface area contributed by atoms with Crippen LogP contribution >= 0.6 is 0 Å². The lowest BCUT2D eigenvalue weighted by Crippen LogP contribution is -2.14. The smallest absolute Gasteiger partial charge is 0.166 e. The number of hydrogen-bond acceptors (Lipinski definition) is 0. The van der Waals surface area contributed by atoms with Gasteiger partial charge in [-0.1, -0.05) is 123 Å². The Labute approximate surface area is 220 Å². The average molecular weight is 511 g/mol. The van der Waals surface area contributed by atoms with Crippen molar-refractivity contribution in [2.24, 2.45) is 0 Å². The Bertz CT molecular complexity index is 1390.